The number of hydrogen-bond donors (Lipinski definition) is 3. The predicted molar refractivity (Wildman–Crippen MR) is 84.4 cm³/mol. The summed E-state index contributed by atoms with van der Waals surface area (Å²) in [6, 6.07) is 1.74. The Kier molecular flexibility index (Phi) is 6.12. The number of rotatable bonds is 8. The van der Waals surface area contributed by atoms with Crippen LogP contribution in [0.25, 0.3) is 0 Å². The molecule has 1 saturated heterocycles. The van der Waals surface area contributed by atoms with Crippen molar-refractivity contribution in [3.05, 3.63) is 22.4 Å². The highest BCUT2D eigenvalue weighted by atomic mass is 32.1. The minimum Gasteiger partial charge on any atom is -0.481 e. The monoisotopic (exact) mass is 340 g/mol. The molecule has 3 N–H and O–H groups in total. The van der Waals surface area contributed by atoms with Crippen LogP contribution >= 0.6 is 11.3 Å². The molecular formula is C15H20N2O5S. The second kappa shape index (κ2) is 8.07. The van der Waals surface area contributed by atoms with Crippen LogP contribution in [0.2, 0.25) is 0 Å². The first-order chi connectivity index (χ1) is 11.0. The number of thiophene rings is 1. The molecule has 1 atom stereocenters. The highest BCUT2D eigenvalue weighted by molar-refractivity contribution is 7.08. The zero-order valence-electron chi connectivity index (χ0n) is 12.7. The summed E-state index contributed by atoms with van der Waals surface area (Å²) in [4.78, 5) is 34.6. The van der Waals surface area contributed by atoms with Gasteiger partial charge in [0.2, 0.25) is 5.91 Å². The molecule has 1 fully saturated rings. The largest absolute Gasteiger partial charge is 0.481 e. The van der Waals surface area contributed by atoms with Crippen molar-refractivity contribution in [1.82, 2.24) is 10.6 Å². The summed E-state index contributed by atoms with van der Waals surface area (Å²) in [6.07, 6.45) is 1.07. The Morgan fingerprint density at radius 1 is 1.39 bits per heavy atom. The van der Waals surface area contributed by atoms with E-state index in [0.717, 1.165) is 0 Å². The summed E-state index contributed by atoms with van der Waals surface area (Å²) in [5.74, 6) is -1.33. The molecule has 1 aromatic heterocycles. The fourth-order valence-electron chi connectivity index (χ4n) is 2.48. The summed E-state index contributed by atoms with van der Waals surface area (Å²) >= 11 is 1.45. The third-order valence-corrected chi connectivity index (χ3v) is 4.33. The van der Waals surface area contributed by atoms with E-state index < -0.39 is 11.5 Å². The normalized spacial score (nSPS) is 20.2. The summed E-state index contributed by atoms with van der Waals surface area (Å²) in [6.45, 7) is 1.06. The van der Waals surface area contributed by atoms with Gasteiger partial charge in [-0.15, -0.1) is 0 Å². The van der Waals surface area contributed by atoms with Crippen molar-refractivity contribution in [1.29, 1.82) is 0 Å². The number of carbonyl (C=O) groups excluding carboxylic acids is 2. The fraction of sp³-hybridized carbons (Fsp3) is 0.533. The molecule has 8 heteroatoms. The summed E-state index contributed by atoms with van der Waals surface area (Å²) in [5, 5.41) is 18.1. The molecule has 0 bridgehead atoms. The number of nitrogens with one attached hydrogen (secondary N) is 2. The van der Waals surface area contributed by atoms with Gasteiger partial charge < -0.3 is 20.5 Å². The number of aliphatic carboxylic acids is 1. The number of ether oxygens (including phenoxy) is 1. The van der Waals surface area contributed by atoms with Gasteiger partial charge in [-0.2, -0.15) is 11.3 Å². The third-order valence-electron chi connectivity index (χ3n) is 3.65. The van der Waals surface area contributed by atoms with Crippen LogP contribution in [0.5, 0.6) is 0 Å². The summed E-state index contributed by atoms with van der Waals surface area (Å²) in [7, 11) is 0. The smallest absolute Gasteiger partial charge is 0.305 e. The van der Waals surface area contributed by atoms with Crippen molar-refractivity contribution >= 4 is 29.1 Å². The molecule has 1 aliphatic rings. The Morgan fingerprint density at radius 2 is 2.22 bits per heavy atom. The predicted octanol–water partition coefficient (Wildman–Crippen LogP) is 1.01. The highest BCUT2D eigenvalue weighted by Gasteiger charge is 2.38. The van der Waals surface area contributed by atoms with Crippen LogP contribution in [0.15, 0.2) is 16.8 Å². The highest BCUT2D eigenvalue weighted by Crippen LogP contribution is 2.22. The van der Waals surface area contributed by atoms with E-state index >= 15 is 0 Å². The minimum atomic E-state index is -0.959. The first-order valence-electron chi connectivity index (χ1n) is 7.42. The van der Waals surface area contributed by atoms with Gasteiger partial charge in [-0.25, -0.2) is 0 Å². The number of carbonyl (C=O) groups is 3. The van der Waals surface area contributed by atoms with E-state index in [1.807, 2.05) is 5.38 Å². The van der Waals surface area contributed by atoms with E-state index in [9.17, 15) is 14.4 Å². The Hall–Kier alpha value is -1.93. The molecule has 1 aliphatic heterocycles. The Morgan fingerprint density at radius 3 is 2.83 bits per heavy atom. The van der Waals surface area contributed by atoms with Crippen LogP contribution in [0, 0.1) is 0 Å². The lowest BCUT2D eigenvalue weighted by Gasteiger charge is -2.27. The first kappa shape index (κ1) is 17.4. The molecule has 0 spiro atoms. The SMILES string of the molecule is O=C(O)CC1(NC(=O)CCCNC(=O)c2ccsc2)CCOC1. The fourth-order valence-corrected chi connectivity index (χ4v) is 3.12. The van der Waals surface area contributed by atoms with Crippen LogP contribution < -0.4 is 10.6 Å². The first-order valence-corrected chi connectivity index (χ1v) is 8.36. The van der Waals surface area contributed by atoms with Crippen molar-refractivity contribution < 1.29 is 24.2 Å². The Balaban J connectivity index is 1.70. The van der Waals surface area contributed by atoms with E-state index in [4.69, 9.17) is 9.84 Å². The van der Waals surface area contributed by atoms with Crippen molar-refractivity contribution in [2.24, 2.45) is 0 Å². The molecule has 0 aliphatic carbocycles. The molecule has 2 heterocycles. The van der Waals surface area contributed by atoms with E-state index in [-0.39, 0.29) is 31.3 Å². The number of carboxylic acid groups (broad SMARTS) is 1. The van der Waals surface area contributed by atoms with Crippen molar-refractivity contribution in [3.8, 4) is 0 Å². The molecular weight excluding hydrogens is 320 g/mol. The molecule has 7 nitrogen and oxygen atoms in total. The topological polar surface area (TPSA) is 105 Å². The Bertz CT molecular complexity index is 552. The standard InChI is InChI=1S/C15H20N2O5S/c18-12(17-15(8-13(19)20)4-6-22-10-15)2-1-5-16-14(21)11-3-7-23-9-11/h3,7,9H,1-2,4-6,8,10H2,(H,16,21)(H,17,18)(H,19,20). The van der Waals surface area contributed by atoms with E-state index in [2.05, 4.69) is 10.6 Å². The maximum atomic E-state index is 12.0. The number of amides is 2. The van der Waals surface area contributed by atoms with Crippen LogP contribution in [-0.4, -0.2) is 48.2 Å². The van der Waals surface area contributed by atoms with E-state index in [0.29, 0.717) is 31.6 Å². The number of carboxylic acids is 1. The molecule has 126 valence electrons. The molecule has 1 aromatic rings. The van der Waals surface area contributed by atoms with Gasteiger partial charge in [0.05, 0.1) is 18.6 Å². The lowest BCUT2D eigenvalue weighted by atomic mass is 9.94. The average molecular weight is 340 g/mol. The van der Waals surface area contributed by atoms with Gasteiger partial charge >= 0.3 is 5.97 Å². The lowest BCUT2D eigenvalue weighted by Crippen LogP contribution is -2.50. The third kappa shape index (κ3) is 5.33. The second-order valence-electron chi connectivity index (χ2n) is 5.57. The van der Waals surface area contributed by atoms with Crippen LogP contribution in [0.3, 0.4) is 0 Å². The Labute approximate surface area is 138 Å². The number of hydrogen-bond acceptors (Lipinski definition) is 5. The van der Waals surface area contributed by atoms with Crippen LogP contribution in [0.4, 0.5) is 0 Å². The van der Waals surface area contributed by atoms with Crippen LogP contribution in [0.1, 0.15) is 36.0 Å². The minimum absolute atomic E-state index is 0.145. The summed E-state index contributed by atoms with van der Waals surface area (Å²) in [5.41, 5.74) is -0.189. The molecule has 2 amide bonds. The van der Waals surface area contributed by atoms with E-state index in [1.165, 1.54) is 11.3 Å². The zero-order valence-corrected chi connectivity index (χ0v) is 13.5. The molecule has 2 rings (SSSR count). The maximum absolute atomic E-state index is 12.0. The maximum Gasteiger partial charge on any atom is 0.305 e. The van der Waals surface area contributed by atoms with Gasteiger partial charge in [-0.1, -0.05) is 0 Å². The molecule has 0 aromatic carbocycles. The molecule has 0 saturated carbocycles. The van der Waals surface area contributed by atoms with Crippen molar-refractivity contribution in [2.75, 3.05) is 19.8 Å². The average Bonchev–Trinajstić information content (AvgIpc) is 3.14. The van der Waals surface area contributed by atoms with Crippen LogP contribution in [-0.2, 0) is 14.3 Å². The van der Waals surface area contributed by atoms with Gasteiger partial charge in [-0.3, -0.25) is 14.4 Å². The molecule has 1 unspecified atom stereocenters. The quantitative estimate of drug-likeness (QED) is 0.613. The van der Waals surface area contributed by atoms with E-state index in [1.54, 1.807) is 11.4 Å². The zero-order chi connectivity index (χ0) is 16.7. The van der Waals surface area contributed by atoms with Gasteiger partial charge in [0, 0.05) is 30.5 Å². The molecule has 0 radical (unpaired) electrons. The molecule has 23 heavy (non-hydrogen) atoms. The van der Waals surface area contributed by atoms with Gasteiger partial charge in [0.25, 0.3) is 5.91 Å². The lowest BCUT2D eigenvalue weighted by molar-refractivity contribution is -0.139. The van der Waals surface area contributed by atoms with Crippen molar-refractivity contribution in [3.63, 3.8) is 0 Å². The summed E-state index contributed by atoms with van der Waals surface area (Å²) < 4.78 is 5.23. The van der Waals surface area contributed by atoms with Gasteiger partial charge in [0.15, 0.2) is 0 Å². The van der Waals surface area contributed by atoms with Crippen molar-refractivity contribution in [2.45, 2.75) is 31.2 Å². The van der Waals surface area contributed by atoms with Gasteiger partial charge in [0.1, 0.15) is 0 Å². The second-order valence-corrected chi connectivity index (χ2v) is 6.35. The van der Waals surface area contributed by atoms with Gasteiger partial charge in [-0.05, 0) is 24.3 Å².